The van der Waals surface area contributed by atoms with Crippen LogP contribution in [0, 0.1) is 0 Å². The topological polar surface area (TPSA) is 84.3 Å². The number of benzene rings is 2. The number of pyridine rings is 1. The Morgan fingerprint density at radius 3 is 2.43 bits per heavy atom. The van der Waals surface area contributed by atoms with E-state index in [0.29, 0.717) is 28.6 Å². The zero-order valence-electron chi connectivity index (χ0n) is 20.3. The summed E-state index contributed by atoms with van der Waals surface area (Å²) in [6.07, 6.45) is 10.1. The lowest BCUT2D eigenvalue weighted by molar-refractivity contribution is 0.415. The average Bonchev–Trinajstić information content (AvgIpc) is 3.35. The summed E-state index contributed by atoms with van der Waals surface area (Å²) in [6.45, 7) is 0. The van der Waals surface area contributed by atoms with E-state index in [4.69, 9.17) is 9.84 Å². The summed E-state index contributed by atoms with van der Waals surface area (Å²) in [5, 5.41) is 8.19. The van der Waals surface area contributed by atoms with Gasteiger partial charge in [-0.25, -0.2) is 4.98 Å². The van der Waals surface area contributed by atoms with E-state index in [9.17, 15) is 4.79 Å². The number of nitrogens with zero attached hydrogens (tertiary/aromatic N) is 3. The predicted molar refractivity (Wildman–Crippen MR) is 147 cm³/mol. The van der Waals surface area contributed by atoms with Gasteiger partial charge in [-0.1, -0.05) is 66.8 Å². The fraction of sp³-hybridized carbons (Fsp3) is 0.100. The van der Waals surface area contributed by atoms with Crippen molar-refractivity contribution in [3.05, 3.63) is 113 Å². The summed E-state index contributed by atoms with van der Waals surface area (Å²) in [7, 11) is 1.62. The molecule has 2 aromatic carbocycles. The number of hydrogen-bond acceptors (Lipinski definition) is 5. The molecule has 1 aliphatic rings. The first-order valence-electron chi connectivity index (χ1n) is 12.2. The SMILES string of the molecule is COc1ccc(-c2c(Nc3ccccn3)[nH]c3c(C4=CCCC=C4)c(-c4ccccc4)nn3c2=O)cc1. The molecule has 0 fully saturated rings. The molecule has 3 heterocycles. The zero-order valence-corrected chi connectivity index (χ0v) is 20.3. The van der Waals surface area contributed by atoms with Gasteiger partial charge >= 0.3 is 0 Å². The molecule has 37 heavy (non-hydrogen) atoms. The number of aromatic amines is 1. The van der Waals surface area contributed by atoms with Gasteiger partial charge in [0.05, 0.1) is 18.2 Å². The molecule has 7 heteroatoms. The Morgan fingerprint density at radius 1 is 0.919 bits per heavy atom. The molecule has 0 aliphatic heterocycles. The fourth-order valence-electron chi connectivity index (χ4n) is 4.63. The molecule has 3 aromatic heterocycles. The Kier molecular flexibility index (Phi) is 5.86. The van der Waals surface area contributed by atoms with E-state index in [1.54, 1.807) is 13.3 Å². The van der Waals surface area contributed by atoms with Crippen molar-refractivity contribution >= 4 is 22.9 Å². The molecule has 182 valence electrons. The molecule has 0 unspecified atom stereocenters. The highest BCUT2D eigenvalue weighted by Gasteiger charge is 2.23. The summed E-state index contributed by atoms with van der Waals surface area (Å²) in [5.41, 5.74) is 5.21. The van der Waals surface area contributed by atoms with Crippen LogP contribution in [0.4, 0.5) is 11.6 Å². The van der Waals surface area contributed by atoms with Gasteiger partial charge in [0.1, 0.15) is 28.7 Å². The van der Waals surface area contributed by atoms with Gasteiger partial charge in [-0.3, -0.25) is 4.79 Å². The Morgan fingerprint density at radius 2 is 1.73 bits per heavy atom. The maximum absolute atomic E-state index is 14.1. The third-order valence-corrected chi connectivity index (χ3v) is 6.41. The van der Waals surface area contributed by atoms with Gasteiger partial charge in [0.15, 0.2) is 0 Å². The van der Waals surface area contributed by atoms with Crippen LogP contribution in [-0.4, -0.2) is 26.7 Å². The Labute approximate surface area is 213 Å². The summed E-state index contributed by atoms with van der Waals surface area (Å²) < 4.78 is 6.80. The van der Waals surface area contributed by atoms with Crippen LogP contribution in [0.5, 0.6) is 5.75 Å². The largest absolute Gasteiger partial charge is 0.497 e. The lowest BCUT2D eigenvalue weighted by Crippen LogP contribution is -2.20. The number of fused-ring (bicyclic) bond motifs is 1. The normalized spacial score (nSPS) is 12.9. The number of ether oxygens (including phenoxy) is 1. The summed E-state index contributed by atoms with van der Waals surface area (Å²) >= 11 is 0. The molecule has 0 bridgehead atoms. The zero-order chi connectivity index (χ0) is 25.2. The van der Waals surface area contributed by atoms with Crippen molar-refractivity contribution in [2.75, 3.05) is 12.4 Å². The Bertz CT molecular complexity index is 1680. The molecule has 7 nitrogen and oxygen atoms in total. The molecule has 0 atom stereocenters. The van der Waals surface area contributed by atoms with Crippen LogP contribution in [0.3, 0.4) is 0 Å². The smallest absolute Gasteiger partial charge is 0.284 e. The van der Waals surface area contributed by atoms with Crippen LogP contribution in [0.2, 0.25) is 0 Å². The summed E-state index contributed by atoms with van der Waals surface area (Å²) in [5.74, 6) is 1.88. The van der Waals surface area contributed by atoms with E-state index >= 15 is 0 Å². The Balaban J connectivity index is 1.65. The van der Waals surface area contributed by atoms with Crippen LogP contribution in [0.1, 0.15) is 18.4 Å². The van der Waals surface area contributed by atoms with Crippen molar-refractivity contribution in [2.24, 2.45) is 0 Å². The molecule has 0 radical (unpaired) electrons. The summed E-state index contributed by atoms with van der Waals surface area (Å²) in [6, 6.07) is 23.0. The number of methoxy groups -OCH3 is 1. The van der Waals surface area contributed by atoms with Crippen LogP contribution in [-0.2, 0) is 0 Å². The van der Waals surface area contributed by atoms with Crippen molar-refractivity contribution in [2.45, 2.75) is 12.8 Å². The van der Waals surface area contributed by atoms with Crippen molar-refractivity contribution in [1.82, 2.24) is 19.6 Å². The number of H-pyrrole nitrogens is 1. The third kappa shape index (κ3) is 4.21. The molecule has 0 amide bonds. The van der Waals surface area contributed by atoms with E-state index in [2.05, 4.69) is 33.5 Å². The lowest BCUT2D eigenvalue weighted by Gasteiger charge is -2.14. The highest BCUT2D eigenvalue weighted by molar-refractivity contribution is 5.92. The van der Waals surface area contributed by atoms with E-state index < -0.39 is 0 Å². The van der Waals surface area contributed by atoms with Gasteiger partial charge in [-0.2, -0.15) is 9.61 Å². The van der Waals surface area contributed by atoms with Crippen molar-refractivity contribution in [3.8, 4) is 28.1 Å². The fourth-order valence-corrected chi connectivity index (χ4v) is 4.63. The van der Waals surface area contributed by atoms with Crippen LogP contribution < -0.4 is 15.6 Å². The molecular weight excluding hydrogens is 462 g/mol. The molecule has 0 saturated carbocycles. The highest BCUT2D eigenvalue weighted by Crippen LogP contribution is 2.35. The molecular formula is C30H25N5O2. The van der Waals surface area contributed by atoms with E-state index in [-0.39, 0.29) is 5.56 Å². The van der Waals surface area contributed by atoms with Crippen LogP contribution in [0.25, 0.3) is 33.6 Å². The van der Waals surface area contributed by atoms with Gasteiger partial charge in [0.25, 0.3) is 5.56 Å². The first kappa shape index (κ1) is 22.5. The van der Waals surface area contributed by atoms with E-state index in [1.165, 1.54) is 4.52 Å². The minimum atomic E-state index is -0.235. The van der Waals surface area contributed by atoms with Crippen molar-refractivity contribution in [1.29, 1.82) is 0 Å². The van der Waals surface area contributed by atoms with E-state index in [1.807, 2.05) is 72.8 Å². The predicted octanol–water partition coefficient (Wildman–Crippen LogP) is 6.24. The second kappa shape index (κ2) is 9.62. The quantitative estimate of drug-likeness (QED) is 0.296. The maximum atomic E-state index is 14.1. The standard InChI is InChI=1S/C30H25N5O2/c1-37-23-17-15-21(16-18-23)26-28(32-24-14-8-9-19-31-24)33-29-25(20-10-4-2-5-11-20)27(34-35(29)30(26)36)22-12-6-3-7-13-22/h3-4,6-19,33H,2,5H2,1H3,(H,31,32). The Hall–Kier alpha value is -4.91. The maximum Gasteiger partial charge on any atom is 0.284 e. The number of hydrogen-bond donors (Lipinski definition) is 2. The van der Waals surface area contributed by atoms with Gasteiger partial charge in [-0.05, 0) is 48.2 Å². The molecule has 6 rings (SSSR count). The lowest BCUT2D eigenvalue weighted by atomic mass is 9.96. The number of aromatic nitrogens is 4. The van der Waals surface area contributed by atoms with E-state index in [0.717, 1.165) is 40.8 Å². The number of anilines is 2. The minimum Gasteiger partial charge on any atom is -0.497 e. The third-order valence-electron chi connectivity index (χ3n) is 6.41. The van der Waals surface area contributed by atoms with Crippen molar-refractivity contribution < 1.29 is 4.74 Å². The first-order valence-corrected chi connectivity index (χ1v) is 12.2. The molecule has 1 aliphatic carbocycles. The molecule has 0 saturated heterocycles. The second-order valence-corrected chi connectivity index (χ2v) is 8.74. The monoisotopic (exact) mass is 487 g/mol. The summed E-state index contributed by atoms with van der Waals surface area (Å²) in [4.78, 5) is 22.0. The van der Waals surface area contributed by atoms with Crippen LogP contribution in [0.15, 0.2) is 102 Å². The van der Waals surface area contributed by atoms with Gasteiger partial charge < -0.3 is 15.0 Å². The number of rotatable bonds is 6. The second-order valence-electron chi connectivity index (χ2n) is 8.74. The van der Waals surface area contributed by atoms with Gasteiger partial charge in [0, 0.05) is 11.8 Å². The highest BCUT2D eigenvalue weighted by atomic mass is 16.5. The number of nitrogens with one attached hydrogen (secondary N) is 2. The molecule has 5 aromatic rings. The van der Waals surface area contributed by atoms with Gasteiger partial charge in [-0.15, -0.1) is 0 Å². The molecule has 0 spiro atoms. The first-order chi connectivity index (χ1) is 18.2. The minimum absolute atomic E-state index is 0.235. The average molecular weight is 488 g/mol. The number of allylic oxidation sites excluding steroid dienone is 4. The van der Waals surface area contributed by atoms with Crippen molar-refractivity contribution in [3.63, 3.8) is 0 Å². The van der Waals surface area contributed by atoms with Crippen LogP contribution >= 0.6 is 0 Å². The molecule has 2 N–H and O–H groups in total. The van der Waals surface area contributed by atoms with Gasteiger partial charge in [0.2, 0.25) is 0 Å².